The van der Waals surface area contributed by atoms with Gasteiger partial charge in [-0.25, -0.2) is 0 Å². The molecule has 3 aliphatic rings. The SMILES string of the molecule is C1CC2(CCN1)CC[C@@H]2N1CCOCC1. The first-order valence-corrected chi connectivity index (χ1v) is 6.43. The topological polar surface area (TPSA) is 24.5 Å². The molecule has 1 aliphatic carbocycles. The van der Waals surface area contributed by atoms with Gasteiger partial charge in [0.1, 0.15) is 0 Å². The fourth-order valence-electron chi connectivity index (χ4n) is 3.65. The molecule has 1 atom stereocenters. The zero-order valence-electron chi connectivity index (χ0n) is 9.50. The van der Waals surface area contributed by atoms with Gasteiger partial charge in [-0.05, 0) is 44.2 Å². The van der Waals surface area contributed by atoms with Crippen molar-refractivity contribution in [2.24, 2.45) is 5.41 Å². The van der Waals surface area contributed by atoms with Crippen molar-refractivity contribution >= 4 is 0 Å². The van der Waals surface area contributed by atoms with Crippen LogP contribution in [0.25, 0.3) is 0 Å². The molecule has 1 saturated carbocycles. The van der Waals surface area contributed by atoms with E-state index in [1.165, 1.54) is 51.9 Å². The Balaban J connectivity index is 1.65. The minimum Gasteiger partial charge on any atom is -0.379 e. The highest BCUT2D eigenvalue weighted by molar-refractivity contribution is 5.03. The maximum absolute atomic E-state index is 5.44. The summed E-state index contributed by atoms with van der Waals surface area (Å²) >= 11 is 0. The van der Waals surface area contributed by atoms with E-state index in [2.05, 4.69) is 10.2 Å². The summed E-state index contributed by atoms with van der Waals surface area (Å²) in [6, 6.07) is 0.878. The normalized spacial score (nSPS) is 36.4. The molecule has 0 aromatic carbocycles. The van der Waals surface area contributed by atoms with Gasteiger partial charge in [0.05, 0.1) is 13.2 Å². The third kappa shape index (κ3) is 1.71. The van der Waals surface area contributed by atoms with Crippen LogP contribution < -0.4 is 5.32 Å². The second-order valence-electron chi connectivity index (χ2n) is 5.32. The quantitative estimate of drug-likeness (QED) is 0.694. The smallest absolute Gasteiger partial charge is 0.0594 e. The second kappa shape index (κ2) is 4.04. The summed E-state index contributed by atoms with van der Waals surface area (Å²) in [4.78, 5) is 2.69. The third-order valence-corrected chi connectivity index (χ3v) is 4.71. The molecule has 0 aromatic heterocycles. The summed E-state index contributed by atoms with van der Waals surface area (Å²) in [6.45, 7) is 6.71. The van der Waals surface area contributed by atoms with Gasteiger partial charge in [0.15, 0.2) is 0 Å². The molecule has 0 radical (unpaired) electrons. The Morgan fingerprint density at radius 3 is 2.40 bits per heavy atom. The fourth-order valence-corrected chi connectivity index (χ4v) is 3.65. The molecule has 86 valence electrons. The van der Waals surface area contributed by atoms with Crippen molar-refractivity contribution in [1.82, 2.24) is 10.2 Å². The number of hydrogen-bond donors (Lipinski definition) is 1. The number of piperidine rings is 1. The molecular weight excluding hydrogens is 188 g/mol. The molecule has 15 heavy (non-hydrogen) atoms. The molecule has 3 heteroatoms. The van der Waals surface area contributed by atoms with E-state index in [1.54, 1.807) is 0 Å². The molecule has 3 rings (SSSR count). The highest BCUT2D eigenvalue weighted by Gasteiger charge is 2.49. The van der Waals surface area contributed by atoms with Gasteiger partial charge in [0.25, 0.3) is 0 Å². The predicted octanol–water partition coefficient (Wildman–Crippen LogP) is 0.851. The molecule has 2 heterocycles. The monoisotopic (exact) mass is 210 g/mol. The zero-order chi connectivity index (χ0) is 10.1. The Kier molecular flexibility index (Phi) is 2.71. The number of nitrogens with one attached hydrogen (secondary N) is 1. The van der Waals surface area contributed by atoms with Crippen molar-refractivity contribution in [3.05, 3.63) is 0 Å². The minimum absolute atomic E-state index is 0.683. The number of nitrogens with zero attached hydrogens (tertiary/aromatic N) is 1. The maximum atomic E-state index is 5.44. The van der Waals surface area contributed by atoms with Crippen LogP contribution in [0.4, 0.5) is 0 Å². The Morgan fingerprint density at radius 1 is 1.07 bits per heavy atom. The number of ether oxygens (including phenoxy) is 1. The van der Waals surface area contributed by atoms with Gasteiger partial charge in [-0.1, -0.05) is 0 Å². The van der Waals surface area contributed by atoms with Gasteiger partial charge in [0, 0.05) is 19.1 Å². The summed E-state index contributed by atoms with van der Waals surface area (Å²) in [5.41, 5.74) is 0.683. The van der Waals surface area contributed by atoms with Crippen LogP contribution >= 0.6 is 0 Å². The van der Waals surface area contributed by atoms with Crippen molar-refractivity contribution in [1.29, 1.82) is 0 Å². The molecule has 2 aliphatic heterocycles. The van der Waals surface area contributed by atoms with Gasteiger partial charge in [-0.3, -0.25) is 4.90 Å². The highest BCUT2D eigenvalue weighted by Crippen LogP contribution is 2.50. The van der Waals surface area contributed by atoms with Crippen LogP contribution in [-0.4, -0.2) is 50.3 Å². The number of hydrogen-bond acceptors (Lipinski definition) is 3. The molecule has 0 aromatic rings. The molecule has 1 spiro atoms. The Bertz CT molecular complexity index is 220. The lowest BCUT2D eigenvalue weighted by atomic mass is 9.59. The van der Waals surface area contributed by atoms with Crippen molar-refractivity contribution in [3.8, 4) is 0 Å². The number of rotatable bonds is 1. The van der Waals surface area contributed by atoms with Crippen LogP contribution in [0.3, 0.4) is 0 Å². The maximum Gasteiger partial charge on any atom is 0.0594 e. The second-order valence-corrected chi connectivity index (χ2v) is 5.32. The van der Waals surface area contributed by atoms with E-state index in [1.807, 2.05) is 0 Å². The van der Waals surface area contributed by atoms with E-state index >= 15 is 0 Å². The largest absolute Gasteiger partial charge is 0.379 e. The van der Waals surface area contributed by atoms with E-state index in [-0.39, 0.29) is 0 Å². The molecule has 1 N–H and O–H groups in total. The lowest BCUT2D eigenvalue weighted by Crippen LogP contribution is -2.60. The molecule has 0 unspecified atom stereocenters. The van der Waals surface area contributed by atoms with Crippen LogP contribution in [0.1, 0.15) is 25.7 Å². The van der Waals surface area contributed by atoms with Crippen LogP contribution in [0.2, 0.25) is 0 Å². The van der Waals surface area contributed by atoms with E-state index in [4.69, 9.17) is 4.74 Å². The summed E-state index contributed by atoms with van der Waals surface area (Å²) in [5, 5.41) is 3.49. The van der Waals surface area contributed by atoms with Crippen molar-refractivity contribution in [3.63, 3.8) is 0 Å². The third-order valence-electron chi connectivity index (χ3n) is 4.71. The first kappa shape index (κ1) is 10.1. The average molecular weight is 210 g/mol. The lowest BCUT2D eigenvalue weighted by Gasteiger charge is -2.57. The number of morpholine rings is 1. The van der Waals surface area contributed by atoms with Gasteiger partial charge < -0.3 is 10.1 Å². The van der Waals surface area contributed by atoms with Crippen LogP contribution in [0.15, 0.2) is 0 Å². The summed E-state index contributed by atoms with van der Waals surface area (Å²) in [7, 11) is 0. The van der Waals surface area contributed by atoms with Crippen molar-refractivity contribution in [2.75, 3.05) is 39.4 Å². The molecule has 0 bridgehead atoms. The minimum atomic E-state index is 0.683. The summed E-state index contributed by atoms with van der Waals surface area (Å²) in [5.74, 6) is 0. The lowest BCUT2D eigenvalue weighted by molar-refractivity contribution is -0.0844. The van der Waals surface area contributed by atoms with E-state index in [9.17, 15) is 0 Å². The van der Waals surface area contributed by atoms with Crippen LogP contribution in [0.5, 0.6) is 0 Å². The van der Waals surface area contributed by atoms with E-state index < -0.39 is 0 Å². The molecule has 3 nitrogen and oxygen atoms in total. The first-order valence-electron chi connectivity index (χ1n) is 6.43. The molecule has 2 saturated heterocycles. The molecular formula is C12H22N2O. The van der Waals surface area contributed by atoms with Crippen LogP contribution in [0, 0.1) is 5.41 Å². The van der Waals surface area contributed by atoms with E-state index in [0.717, 1.165) is 19.3 Å². The predicted molar refractivity (Wildman–Crippen MR) is 60.0 cm³/mol. The fraction of sp³-hybridized carbons (Fsp3) is 1.00. The van der Waals surface area contributed by atoms with Crippen molar-refractivity contribution in [2.45, 2.75) is 31.7 Å². The molecule has 0 amide bonds. The summed E-state index contributed by atoms with van der Waals surface area (Å²) in [6.07, 6.45) is 5.70. The summed E-state index contributed by atoms with van der Waals surface area (Å²) < 4.78 is 5.44. The van der Waals surface area contributed by atoms with Crippen LogP contribution in [-0.2, 0) is 4.74 Å². The van der Waals surface area contributed by atoms with Gasteiger partial charge >= 0.3 is 0 Å². The molecule has 3 fully saturated rings. The van der Waals surface area contributed by atoms with Gasteiger partial charge in [0.2, 0.25) is 0 Å². The average Bonchev–Trinajstić information content (AvgIpc) is 2.30. The standard InChI is InChI=1S/C12H22N2O/c1-2-12(3-5-13-6-4-12)11(1)14-7-9-15-10-8-14/h11,13H,1-10H2/t11-/m0/s1. The highest BCUT2D eigenvalue weighted by atomic mass is 16.5. The first-order chi connectivity index (χ1) is 7.41. The van der Waals surface area contributed by atoms with Gasteiger partial charge in [-0.15, -0.1) is 0 Å². The van der Waals surface area contributed by atoms with Gasteiger partial charge in [-0.2, -0.15) is 0 Å². The Hall–Kier alpha value is -0.120. The Labute approximate surface area is 92.2 Å². The zero-order valence-corrected chi connectivity index (χ0v) is 9.50. The Morgan fingerprint density at radius 2 is 1.80 bits per heavy atom. The van der Waals surface area contributed by atoms with Crippen molar-refractivity contribution < 1.29 is 4.74 Å². The van der Waals surface area contributed by atoms with E-state index in [0.29, 0.717) is 5.41 Å².